The second kappa shape index (κ2) is 7.55. The molecule has 2 aromatic carbocycles. The Kier molecular flexibility index (Phi) is 5.74. The van der Waals surface area contributed by atoms with Crippen molar-refractivity contribution in [3.05, 3.63) is 69.9 Å². The minimum atomic E-state index is -0.163. The molecule has 1 N–H and O–H groups in total. The van der Waals surface area contributed by atoms with Crippen molar-refractivity contribution >= 4 is 15.9 Å². The highest BCUT2D eigenvalue weighted by Gasteiger charge is 2.15. The van der Waals surface area contributed by atoms with Crippen LogP contribution < -0.4 is 5.32 Å². The Hall–Kier alpha value is -1.19. The Morgan fingerprint density at radius 3 is 2.55 bits per heavy atom. The molecule has 0 aromatic heterocycles. The van der Waals surface area contributed by atoms with Crippen LogP contribution in [-0.2, 0) is 6.42 Å². The molecule has 0 aliphatic rings. The largest absolute Gasteiger partial charge is 0.310 e. The summed E-state index contributed by atoms with van der Waals surface area (Å²) in [5.74, 6) is -0.163. The van der Waals surface area contributed by atoms with Crippen molar-refractivity contribution in [1.82, 2.24) is 5.32 Å². The first-order valence-electron chi connectivity index (χ1n) is 6.93. The predicted octanol–water partition coefficient (Wildman–Crippen LogP) is 4.87. The van der Waals surface area contributed by atoms with Gasteiger partial charge in [0.1, 0.15) is 5.82 Å². The monoisotopic (exact) mass is 335 g/mol. The van der Waals surface area contributed by atoms with Crippen molar-refractivity contribution in [3.63, 3.8) is 0 Å². The standard InChI is InChI=1S/C17H19BrFN/c1-2-10-20-17(11-13-6-4-3-5-7-13)15-9-8-14(18)12-16(15)19/h3-9,12,17,20H,2,10-11H2,1H3. The summed E-state index contributed by atoms with van der Waals surface area (Å²) < 4.78 is 14.9. The number of benzene rings is 2. The summed E-state index contributed by atoms with van der Waals surface area (Å²) in [5.41, 5.74) is 1.94. The number of hydrogen-bond acceptors (Lipinski definition) is 1. The Labute approximate surface area is 128 Å². The average molecular weight is 336 g/mol. The van der Waals surface area contributed by atoms with E-state index in [1.165, 1.54) is 11.6 Å². The van der Waals surface area contributed by atoms with Crippen LogP contribution in [0.25, 0.3) is 0 Å². The lowest BCUT2D eigenvalue weighted by Crippen LogP contribution is -2.25. The molecule has 0 aliphatic carbocycles. The average Bonchev–Trinajstić information content (AvgIpc) is 2.45. The molecule has 0 bridgehead atoms. The van der Waals surface area contributed by atoms with Crippen molar-refractivity contribution in [2.24, 2.45) is 0 Å². The van der Waals surface area contributed by atoms with Crippen LogP contribution in [0.3, 0.4) is 0 Å². The topological polar surface area (TPSA) is 12.0 Å². The summed E-state index contributed by atoms with van der Waals surface area (Å²) in [6.45, 7) is 3.00. The molecule has 0 aliphatic heterocycles. The van der Waals surface area contributed by atoms with Crippen LogP contribution in [0.2, 0.25) is 0 Å². The number of hydrogen-bond donors (Lipinski definition) is 1. The maximum Gasteiger partial charge on any atom is 0.129 e. The van der Waals surface area contributed by atoms with E-state index in [1.807, 2.05) is 30.3 Å². The van der Waals surface area contributed by atoms with Gasteiger partial charge in [-0.15, -0.1) is 0 Å². The zero-order chi connectivity index (χ0) is 14.4. The van der Waals surface area contributed by atoms with Crippen molar-refractivity contribution in [2.75, 3.05) is 6.54 Å². The van der Waals surface area contributed by atoms with E-state index in [1.54, 1.807) is 0 Å². The van der Waals surface area contributed by atoms with E-state index >= 15 is 0 Å². The zero-order valence-electron chi connectivity index (χ0n) is 11.6. The van der Waals surface area contributed by atoms with E-state index in [0.29, 0.717) is 0 Å². The Morgan fingerprint density at radius 1 is 1.15 bits per heavy atom. The van der Waals surface area contributed by atoms with Crippen LogP contribution >= 0.6 is 15.9 Å². The molecule has 3 heteroatoms. The van der Waals surface area contributed by atoms with E-state index in [0.717, 1.165) is 29.4 Å². The number of halogens is 2. The summed E-state index contributed by atoms with van der Waals surface area (Å²) >= 11 is 3.30. The van der Waals surface area contributed by atoms with Gasteiger partial charge in [0.2, 0.25) is 0 Å². The van der Waals surface area contributed by atoms with E-state index in [9.17, 15) is 4.39 Å². The van der Waals surface area contributed by atoms with Gasteiger partial charge in [-0.05, 0) is 37.1 Å². The maximum atomic E-state index is 14.2. The lowest BCUT2D eigenvalue weighted by Gasteiger charge is -2.20. The van der Waals surface area contributed by atoms with Crippen LogP contribution in [0, 0.1) is 5.82 Å². The molecule has 2 rings (SSSR count). The summed E-state index contributed by atoms with van der Waals surface area (Å²) in [6, 6.07) is 15.5. The Bertz CT molecular complexity index is 542. The molecule has 2 aromatic rings. The van der Waals surface area contributed by atoms with E-state index in [2.05, 4.69) is 40.3 Å². The fourth-order valence-corrected chi connectivity index (χ4v) is 2.58. The first-order chi connectivity index (χ1) is 9.70. The smallest absolute Gasteiger partial charge is 0.129 e. The first-order valence-corrected chi connectivity index (χ1v) is 7.72. The molecule has 0 saturated heterocycles. The molecule has 1 unspecified atom stereocenters. The van der Waals surface area contributed by atoms with Gasteiger partial charge in [-0.3, -0.25) is 0 Å². The molecule has 1 atom stereocenters. The molecule has 0 heterocycles. The van der Waals surface area contributed by atoms with Gasteiger partial charge >= 0.3 is 0 Å². The van der Waals surface area contributed by atoms with Crippen molar-refractivity contribution in [1.29, 1.82) is 0 Å². The lowest BCUT2D eigenvalue weighted by atomic mass is 9.98. The van der Waals surface area contributed by atoms with Gasteiger partial charge in [-0.1, -0.05) is 59.3 Å². The second-order valence-electron chi connectivity index (χ2n) is 4.86. The zero-order valence-corrected chi connectivity index (χ0v) is 13.2. The van der Waals surface area contributed by atoms with Crippen molar-refractivity contribution in [2.45, 2.75) is 25.8 Å². The third kappa shape index (κ3) is 4.15. The second-order valence-corrected chi connectivity index (χ2v) is 5.78. The normalized spacial score (nSPS) is 12.3. The van der Waals surface area contributed by atoms with E-state index in [-0.39, 0.29) is 11.9 Å². The summed E-state index contributed by atoms with van der Waals surface area (Å²) in [4.78, 5) is 0. The third-order valence-corrected chi connectivity index (χ3v) is 3.75. The summed E-state index contributed by atoms with van der Waals surface area (Å²) in [6.07, 6.45) is 1.82. The molecular weight excluding hydrogens is 317 g/mol. The number of rotatable bonds is 6. The third-order valence-electron chi connectivity index (χ3n) is 3.26. The highest BCUT2D eigenvalue weighted by Crippen LogP contribution is 2.24. The fraction of sp³-hybridized carbons (Fsp3) is 0.294. The van der Waals surface area contributed by atoms with Crippen LogP contribution in [0.1, 0.15) is 30.5 Å². The molecule has 0 radical (unpaired) electrons. The van der Waals surface area contributed by atoms with Crippen LogP contribution in [-0.4, -0.2) is 6.54 Å². The SMILES string of the molecule is CCCNC(Cc1ccccc1)c1ccc(Br)cc1F. The summed E-state index contributed by atoms with van der Waals surface area (Å²) in [5, 5.41) is 3.44. The van der Waals surface area contributed by atoms with Crippen LogP contribution in [0.4, 0.5) is 4.39 Å². The molecule has 1 nitrogen and oxygen atoms in total. The number of nitrogens with one attached hydrogen (secondary N) is 1. The molecule has 0 fully saturated rings. The maximum absolute atomic E-state index is 14.2. The fourth-order valence-electron chi connectivity index (χ4n) is 2.24. The van der Waals surface area contributed by atoms with Gasteiger partial charge in [0, 0.05) is 16.1 Å². The van der Waals surface area contributed by atoms with Gasteiger partial charge in [0.25, 0.3) is 0 Å². The van der Waals surface area contributed by atoms with Crippen molar-refractivity contribution < 1.29 is 4.39 Å². The minimum Gasteiger partial charge on any atom is -0.310 e. The van der Waals surface area contributed by atoms with Gasteiger partial charge in [0.15, 0.2) is 0 Å². The Balaban J connectivity index is 2.22. The molecule has 106 valence electrons. The van der Waals surface area contributed by atoms with Gasteiger partial charge in [0.05, 0.1) is 0 Å². The van der Waals surface area contributed by atoms with E-state index in [4.69, 9.17) is 0 Å². The highest BCUT2D eigenvalue weighted by atomic mass is 79.9. The summed E-state index contributed by atoms with van der Waals surface area (Å²) in [7, 11) is 0. The van der Waals surface area contributed by atoms with Gasteiger partial charge in [-0.2, -0.15) is 0 Å². The Morgan fingerprint density at radius 2 is 1.90 bits per heavy atom. The highest BCUT2D eigenvalue weighted by molar-refractivity contribution is 9.10. The lowest BCUT2D eigenvalue weighted by molar-refractivity contribution is 0.497. The van der Waals surface area contributed by atoms with Crippen LogP contribution in [0.5, 0.6) is 0 Å². The van der Waals surface area contributed by atoms with E-state index < -0.39 is 0 Å². The molecule has 20 heavy (non-hydrogen) atoms. The first kappa shape index (κ1) is 15.2. The minimum absolute atomic E-state index is 0.00505. The quantitative estimate of drug-likeness (QED) is 0.793. The predicted molar refractivity (Wildman–Crippen MR) is 85.3 cm³/mol. The molecule has 0 amide bonds. The molecule has 0 saturated carbocycles. The van der Waals surface area contributed by atoms with Gasteiger partial charge in [-0.25, -0.2) is 4.39 Å². The molecule has 0 spiro atoms. The van der Waals surface area contributed by atoms with Crippen molar-refractivity contribution in [3.8, 4) is 0 Å². The van der Waals surface area contributed by atoms with Gasteiger partial charge < -0.3 is 5.32 Å². The molecular formula is C17H19BrFN. The van der Waals surface area contributed by atoms with Crippen LogP contribution in [0.15, 0.2) is 53.0 Å².